The predicted octanol–water partition coefficient (Wildman–Crippen LogP) is 7.62. The van der Waals surface area contributed by atoms with Crippen LogP contribution in [0.4, 0.5) is 16.4 Å². The maximum Gasteiger partial charge on any atom is 0.341 e. The van der Waals surface area contributed by atoms with Gasteiger partial charge in [0.1, 0.15) is 5.00 Å². The van der Waals surface area contributed by atoms with E-state index in [-0.39, 0.29) is 40.6 Å². The van der Waals surface area contributed by atoms with Crippen molar-refractivity contribution in [3.8, 4) is 0 Å². The molecule has 3 N–H and O–H groups in total. The average molecular weight is 624 g/mol. The highest BCUT2D eigenvalue weighted by Gasteiger charge is 2.27. The molecule has 0 aliphatic heterocycles. The van der Waals surface area contributed by atoms with E-state index in [9.17, 15) is 19.2 Å². The van der Waals surface area contributed by atoms with Crippen LogP contribution in [0, 0.1) is 6.92 Å². The number of thiophene rings is 1. The lowest BCUT2D eigenvalue weighted by molar-refractivity contribution is -0.113. The number of rotatable bonds is 10. The summed E-state index contributed by atoms with van der Waals surface area (Å²) in [5.41, 5.74) is 2.34. The maximum absolute atomic E-state index is 13.0. The third-order valence-electron chi connectivity index (χ3n) is 6.59. The molecule has 0 fully saturated rings. The molecule has 0 saturated carbocycles. The molecule has 8 nitrogen and oxygen atoms in total. The third-order valence-corrected chi connectivity index (χ3v) is 8.79. The highest BCUT2D eigenvalue weighted by atomic mass is 32.2. The molecular formula is C34H29N3O5S2. The largest absolute Gasteiger partial charge is 0.462 e. The van der Waals surface area contributed by atoms with Gasteiger partial charge in [-0.05, 0) is 72.6 Å². The van der Waals surface area contributed by atoms with Crippen LogP contribution < -0.4 is 16.0 Å². The zero-order valence-electron chi connectivity index (χ0n) is 24.0. The van der Waals surface area contributed by atoms with Crippen LogP contribution in [0.5, 0.6) is 0 Å². The molecule has 5 aromatic rings. The van der Waals surface area contributed by atoms with Crippen molar-refractivity contribution in [3.05, 3.63) is 119 Å². The van der Waals surface area contributed by atoms with E-state index >= 15 is 0 Å². The smallest absolute Gasteiger partial charge is 0.341 e. The molecule has 0 unspecified atom stereocenters. The van der Waals surface area contributed by atoms with Crippen molar-refractivity contribution in [2.45, 2.75) is 18.7 Å². The summed E-state index contributed by atoms with van der Waals surface area (Å²) in [6.07, 6.45) is 0. The Labute approximate surface area is 262 Å². The van der Waals surface area contributed by atoms with Crippen LogP contribution in [0.3, 0.4) is 0 Å². The number of fused-ring (bicyclic) bond motifs is 1. The fraction of sp³-hybridized carbons (Fsp3) is 0.118. The lowest BCUT2D eigenvalue weighted by Gasteiger charge is -2.09. The second kappa shape index (κ2) is 14.0. The predicted molar refractivity (Wildman–Crippen MR) is 177 cm³/mol. The Balaban J connectivity index is 1.25. The Morgan fingerprint density at radius 1 is 0.750 bits per heavy atom. The Hall–Kier alpha value is -4.93. The van der Waals surface area contributed by atoms with Crippen LogP contribution in [-0.4, -0.2) is 36.1 Å². The number of para-hydroxylation sites is 1. The summed E-state index contributed by atoms with van der Waals surface area (Å²) < 4.78 is 5.21. The zero-order chi connectivity index (χ0) is 31.1. The molecule has 0 bridgehead atoms. The molecule has 0 atom stereocenters. The quantitative estimate of drug-likeness (QED) is 0.109. The normalized spacial score (nSPS) is 10.7. The number of esters is 1. The summed E-state index contributed by atoms with van der Waals surface area (Å²) >= 11 is 2.30. The number of nitrogens with one attached hydrogen (secondary N) is 3. The monoisotopic (exact) mass is 623 g/mol. The number of carbonyl (C=O) groups excluding carboxylic acids is 4. The van der Waals surface area contributed by atoms with E-state index < -0.39 is 5.97 Å². The van der Waals surface area contributed by atoms with Crippen molar-refractivity contribution in [1.82, 2.24) is 0 Å². The van der Waals surface area contributed by atoms with Gasteiger partial charge in [0.2, 0.25) is 5.91 Å². The van der Waals surface area contributed by atoms with E-state index in [1.54, 1.807) is 62.4 Å². The molecule has 44 heavy (non-hydrogen) atoms. The minimum atomic E-state index is -0.613. The summed E-state index contributed by atoms with van der Waals surface area (Å²) in [6, 6.07) is 29.6. The van der Waals surface area contributed by atoms with Gasteiger partial charge in [-0.15, -0.1) is 23.1 Å². The average Bonchev–Trinajstić information content (AvgIpc) is 3.35. The van der Waals surface area contributed by atoms with Gasteiger partial charge in [-0.25, -0.2) is 4.79 Å². The fourth-order valence-electron chi connectivity index (χ4n) is 4.49. The summed E-state index contributed by atoms with van der Waals surface area (Å²) in [7, 11) is 0. The Morgan fingerprint density at radius 2 is 1.45 bits per heavy atom. The number of benzene rings is 4. The van der Waals surface area contributed by atoms with Crippen molar-refractivity contribution in [2.75, 3.05) is 28.3 Å². The Morgan fingerprint density at radius 3 is 2.23 bits per heavy atom. The van der Waals surface area contributed by atoms with E-state index in [1.807, 2.05) is 48.5 Å². The minimum absolute atomic E-state index is 0.0346. The Bertz CT molecular complexity index is 1850. The SMILES string of the molecule is CCOC(=O)c1c(NC(=O)CSc2cccc(NC(=O)c3ccc4ccccc4c3)c2)sc(C(=O)Nc2ccccc2)c1C. The number of hydrogen-bond acceptors (Lipinski definition) is 7. The van der Waals surface area contributed by atoms with Gasteiger partial charge in [0.15, 0.2) is 0 Å². The van der Waals surface area contributed by atoms with Gasteiger partial charge in [0.25, 0.3) is 11.8 Å². The zero-order valence-corrected chi connectivity index (χ0v) is 25.6. The standard InChI is InChI=1S/C34H29N3O5S2/c1-3-42-34(41)29-21(2)30(32(40)35-25-12-5-4-6-13-25)44-33(29)37-28(38)20-43-27-15-9-14-26(19-27)36-31(39)24-17-16-22-10-7-8-11-23(22)18-24/h4-19H,3,20H2,1-2H3,(H,35,40)(H,36,39)(H,37,38). The molecule has 5 rings (SSSR count). The van der Waals surface area contributed by atoms with E-state index in [2.05, 4.69) is 16.0 Å². The molecule has 4 aromatic carbocycles. The summed E-state index contributed by atoms with van der Waals surface area (Å²) in [5, 5.41) is 10.8. The molecular weight excluding hydrogens is 595 g/mol. The number of amides is 3. The number of hydrogen-bond donors (Lipinski definition) is 3. The number of thioether (sulfide) groups is 1. The third kappa shape index (κ3) is 7.34. The maximum atomic E-state index is 13.0. The molecule has 0 spiro atoms. The van der Waals surface area contributed by atoms with Gasteiger partial charge < -0.3 is 20.7 Å². The van der Waals surface area contributed by atoms with Gasteiger partial charge in [-0.1, -0.05) is 54.6 Å². The van der Waals surface area contributed by atoms with Gasteiger partial charge in [-0.3, -0.25) is 14.4 Å². The van der Waals surface area contributed by atoms with Crippen molar-refractivity contribution in [3.63, 3.8) is 0 Å². The van der Waals surface area contributed by atoms with E-state index in [4.69, 9.17) is 4.74 Å². The van der Waals surface area contributed by atoms with Gasteiger partial charge in [0, 0.05) is 21.8 Å². The molecule has 0 aliphatic rings. The molecule has 222 valence electrons. The minimum Gasteiger partial charge on any atom is -0.462 e. The molecule has 1 aromatic heterocycles. The van der Waals surface area contributed by atoms with Crippen molar-refractivity contribution < 1.29 is 23.9 Å². The lowest BCUT2D eigenvalue weighted by Crippen LogP contribution is -2.16. The van der Waals surface area contributed by atoms with Crippen molar-refractivity contribution in [1.29, 1.82) is 0 Å². The van der Waals surface area contributed by atoms with E-state index in [1.165, 1.54) is 11.8 Å². The summed E-state index contributed by atoms with van der Waals surface area (Å²) in [5.74, 6) is -1.56. The number of carbonyl (C=O) groups is 4. The highest BCUT2D eigenvalue weighted by molar-refractivity contribution is 8.00. The molecule has 3 amide bonds. The Kier molecular flexibility index (Phi) is 9.73. The van der Waals surface area contributed by atoms with Crippen LogP contribution in [-0.2, 0) is 9.53 Å². The highest BCUT2D eigenvalue weighted by Crippen LogP contribution is 2.35. The molecule has 0 radical (unpaired) electrons. The van der Waals surface area contributed by atoms with Crippen molar-refractivity contribution in [2.24, 2.45) is 0 Å². The number of ether oxygens (including phenoxy) is 1. The van der Waals surface area contributed by atoms with E-state index in [0.29, 0.717) is 27.4 Å². The molecule has 10 heteroatoms. The van der Waals surface area contributed by atoms with Crippen LogP contribution in [0.1, 0.15) is 42.9 Å². The summed E-state index contributed by atoms with van der Waals surface area (Å²) in [4.78, 5) is 52.8. The molecule has 1 heterocycles. The van der Waals surface area contributed by atoms with Gasteiger partial charge >= 0.3 is 5.97 Å². The second-order valence-corrected chi connectivity index (χ2v) is 11.8. The van der Waals surface area contributed by atoms with Gasteiger partial charge in [-0.2, -0.15) is 0 Å². The van der Waals surface area contributed by atoms with E-state index in [0.717, 1.165) is 27.0 Å². The first-order valence-corrected chi connectivity index (χ1v) is 15.6. The first-order chi connectivity index (χ1) is 21.3. The summed E-state index contributed by atoms with van der Waals surface area (Å²) in [6.45, 7) is 3.50. The topological polar surface area (TPSA) is 114 Å². The molecule has 0 saturated heterocycles. The van der Waals surface area contributed by atoms with Crippen LogP contribution >= 0.6 is 23.1 Å². The van der Waals surface area contributed by atoms with Crippen LogP contribution in [0.25, 0.3) is 10.8 Å². The second-order valence-electron chi connectivity index (χ2n) is 9.68. The van der Waals surface area contributed by atoms with Gasteiger partial charge in [0.05, 0.1) is 22.8 Å². The lowest BCUT2D eigenvalue weighted by atomic mass is 10.1. The molecule has 0 aliphatic carbocycles. The first kappa shape index (κ1) is 30.5. The van der Waals surface area contributed by atoms with Crippen molar-refractivity contribution >= 4 is 73.9 Å². The van der Waals surface area contributed by atoms with Crippen LogP contribution in [0.15, 0.2) is 102 Å². The number of anilines is 3. The van der Waals surface area contributed by atoms with Crippen LogP contribution in [0.2, 0.25) is 0 Å². The first-order valence-electron chi connectivity index (χ1n) is 13.8. The fourth-order valence-corrected chi connectivity index (χ4v) is 6.35.